The van der Waals surface area contributed by atoms with Gasteiger partial charge in [0.1, 0.15) is 18.2 Å². The minimum Gasteiger partial charge on any atom is -0.487 e. The van der Waals surface area contributed by atoms with Gasteiger partial charge in [0.2, 0.25) is 5.95 Å². The van der Waals surface area contributed by atoms with Crippen molar-refractivity contribution in [2.45, 2.75) is 26.5 Å². The summed E-state index contributed by atoms with van der Waals surface area (Å²) in [5.74, 6) is 2.52. The van der Waals surface area contributed by atoms with Gasteiger partial charge in [0.25, 0.3) is 5.56 Å². The van der Waals surface area contributed by atoms with Gasteiger partial charge in [-0.2, -0.15) is 5.10 Å². The van der Waals surface area contributed by atoms with Crippen molar-refractivity contribution >= 4 is 5.95 Å². The monoisotopic (exact) mass is 324 g/mol. The molecule has 1 aliphatic heterocycles. The van der Waals surface area contributed by atoms with Crippen molar-refractivity contribution in [3.8, 4) is 5.75 Å². The van der Waals surface area contributed by atoms with E-state index in [0.717, 1.165) is 17.1 Å². The smallest absolute Gasteiger partial charge is 0.256 e. The molecule has 8 heteroatoms. The van der Waals surface area contributed by atoms with Crippen LogP contribution in [0.25, 0.3) is 0 Å². The van der Waals surface area contributed by atoms with Gasteiger partial charge < -0.3 is 10.1 Å². The van der Waals surface area contributed by atoms with Crippen LogP contribution in [-0.2, 0) is 19.6 Å². The Morgan fingerprint density at radius 2 is 2.17 bits per heavy atom. The van der Waals surface area contributed by atoms with Gasteiger partial charge in [0.15, 0.2) is 5.82 Å². The van der Waals surface area contributed by atoms with Crippen LogP contribution in [0.15, 0.2) is 29.1 Å². The van der Waals surface area contributed by atoms with Crippen molar-refractivity contribution in [2.24, 2.45) is 0 Å². The van der Waals surface area contributed by atoms with E-state index < -0.39 is 0 Å². The highest BCUT2D eigenvalue weighted by molar-refractivity contribution is 5.41. The largest absolute Gasteiger partial charge is 0.487 e. The zero-order valence-corrected chi connectivity index (χ0v) is 13.1. The lowest BCUT2D eigenvalue weighted by atomic mass is 10.1. The van der Waals surface area contributed by atoms with Gasteiger partial charge in [-0.3, -0.25) is 14.9 Å². The Hall–Kier alpha value is -3.16. The van der Waals surface area contributed by atoms with Crippen molar-refractivity contribution in [3.63, 3.8) is 0 Å². The summed E-state index contributed by atoms with van der Waals surface area (Å²) in [5, 5.41) is 9.85. The molecule has 122 valence electrons. The molecule has 1 aliphatic rings. The third-order valence-electron chi connectivity index (χ3n) is 3.86. The number of anilines is 1. The minimum atomic E-state index is -0.158. The van der Waals surface area contributed by atoms with E-state index in [-0.39, 0.29) is 12.2 Å². The van der Waals surface area contributed by atoms with Gasteiger partial charge in [0, 0.05) is 12.0 Å². The second-order valence-corrected chi connectivity index (χ2v) is 5.60. The van der Waals surface area contributed by atoms with Crippen molar-refractivity contribution in [1.29, 1.82) is 0 Å². The van der Waals surface area contributed by atoms with Crippen LogP contribution >= 0.6 is 0 Å². The topological polar surface area (TPSA) is 109 Å². The molecule has 2 aromatic heterocycles. The molecule has 1 aromatic carbocycles. The number of aromatic nitrogens is 5. The molecule has 0 atom stereocenters. The van der Waals surface area contributed by atoms with E-state index in [1.54, 1.807) is 0 Å². The molecule has 0 spiro atoms. The van der Waals surface area contributed by atoms with Crippen molar-refractivity contribution in [1.82, 2.24) is 25.1 Å². The third-order valence-corrected chi connectivity index (χ3v) is 3.86. The molecule has 3 heterocycles. The lowest BCUT2D eigenvalue weighted by molar-refractivity contribution is 0.302. The SMILES string of the molecule is Cc1nc(CNc2nc3c(c(=O)[nH]2)Cc2ccccc2OC3)n[nH]1. The zero-order valence-electron chi connectivity index (χ0n) is 13.1. The molecule has 4 rings (SSSR count). The van der Waals surface area contributed by atoms with Gasteiger partial charge in [-0.1, -0.05) is 18.2 Å². The van der Waals surface area contributed by atoms with E-state index >= 15 is 0 Å². The lowest BCUT2D eigenvalue weighted by Gasteiger charge is -2.08. The standard InChI is InChI=1S/C16H16N6O2/c1-9-18-14(22-21-9)7-17-16-19-12-8-24-13-5-3-2-4-10(13)6-11(12)15(23)20-16/h2-5H,6-8H2,1H3,(H,18,21,22)(H2,17,19,20,23). The fourth-order valence-corrected chi connectivity index (χ4v) is 2.69. The number of benzene rings is 1. The Balaban J connectivity index is 1.60. The summed E-state index contributed by atoms with van der Waals surface area (Å²) < 4.78 is 5.78. The Morgan fingerprint density at radius 1 is 1.29 bits per heavy atom. The first-order valence-electron chi connectivity index (χ1n) is 7.63. The lowest BCUT2D eigenvalue weighted by Crippen LogP contribution is -2.20. The van der Waals surface area contributed by atoms with Crippen LogP contribution in [0.1, 0.15) is 28.5 Å². The maximum atomic E-state index is 12.4. The highest BCUT2D eigenvalue weighted by Gasteiger charge is 2.19. The van der Waals surface area contributed by atoms with Crippen LogP contribution in [-0.4, -0.2) is 25.1 Å². The molecule has 3 aromatic rings. The first kappa shape index (κ1) is 14.4. The van der Waals surface area contributed by atoms with Crippen LogP contribution in [0.3, 0.4) is 0 Å². The molecule has 0 bridgehead atoms. The number of rotatable bonds is 3. The highest BCUT2D eigenvalue weighted by Crippen LogP contribution is 2.25. The molecule has 0 radical (unpaired) electrons. The Kier molecular flexibility index (Phi) is 3.49. The number of para-hydroxylation sites is 1. The van der Waals surface area contributed by atoms with Crippen LogP contribution in [0.4, 0.5) is 5.95 Å². The number of aryl methyl sites for hydroxylation is 1. The van der Waals surface area contributed by atoms with Gasteiger partial charge in [-0.25, -0.2) is 9.97 Å². The molecule has 3 N–H and O–H groups in total. The Labute approximate surface area is 137 Å². The summed E-state index contributed by atoms with van der Waals surface area (Å²) in [7, 11) is 0. The number of nitrogens with zero attached hydrogens (tertiary/aromatic N) is 3. The predicted molar refractivity (Wildman–Crippen MR) is 86.9 cm³/mol. The Morgan fingerprint density at radius 3 is 3.00 bits per heavy atom. The average molecular weight is 324 g/mol. The quantitative estimate of drug-likeness (QED) is 0.670. The average Bonchev–Trinajstić information content (AvgIpc) is 2.90. The van der Waals surface area contributed by atoms with E-state index in [1.165, 1.54) is 0 Å². The molecule has 0 saturated heterocycles. The number of hydrogen-bond acceptors (Lipinski definition) is 6. The molecular weight excluding hydrogens is 308 g/mol. The van der Waals surface area contributed by atoms with E-state index in [2.05, 4.69) is 30.5 Å². The van der Waals surface area contributed by atoms with E-state index in [9.17, 15) is 4.79 Å². The van der Waals surface area contributed by atoms with Gasteiger partial charge in [0.05, 0.1) is 12.2 Å². The summed E-state index contributed by atoms with van der Waals surface area (Å²) in [6.45, 7) is 2.46. The minimum absolute atomic E-state index is 0.158. The third kappa shape index (κ3) is 2.73. The fourth-order valence-electron chi connectivity index (χ4n) is 2.69. The highest BCUT2D eigenvalue weighted by atomic mass is 16.5. The summed E-state index contributed by atoms with van der Waals surface area (Å²) >= 11 is 0. The van der Waals surface area contributed by atoms with Gasteiger partial charge in [-0.05, 0) is 18.6 Å². The number of aromatic amines is 2. The number of ether oxygens (including phenoxy) is 1. The van der Waals surface area contributed by atoms with Crippen LogP contribution in [0, 0.1) is 6.92 Å². The molecule has 0 unspecified atom stereocenters. The van der Waals surface area contributed by atoms with Crippen molar-refractivity contribution in [3.05, 3.63) is 63.1 Å². The predicted octanol–water partition coefficient (Wildman–Crippen LogP) is 1.29. The van der Waals surface area contributed by atoms with Crippen LogP contribution in [0.5, 0.6) is 5.75 Å². The second-order valence-electron chi connectivity index (χ2n) is 5.60. The van der Waals surface area contributed by atoms with Crippen LogP contribution < -0.4 is 15.6 Å². The first-order valence-corrected chi connectivity index (χ1v) is 7.63. The van der Waals surface area contributed by atoms with Gasteiger partial charge >= 0.3 is 0 Å². The van der Waals surface area contributed by atoms with E-state index in [0.29, 0.717) is 36.0 Å². The number of H-pyrrole nitrogens is 2. The molecule has 8 nitrogen and oxygen atoms in total. The Bertz CT molecular complexity index is 946. The maximum Gasteiger partial charge on any atom is 0.256 e. The second kappa shape index (κ2) is 5.80. The summed E-state index contributed by atoms with van der Waals surface area (Å²) in [6.07, 6.45) is 0.508. The maximum absolute atomic E-state index is 12.4. The molecular formula is C16H16N6O2. The van der Waals surface area contributed by atoms with E-state index in [1.807, 2.05) is 31.2 Å². The van der Waals surface area contributed by atoms with Gasteiger partial charge in [-0.15, -0.1) is 0 Å². The zero-order chi connectivity index (χ0) is 16.5. The molecule has 0 amide bonds. The van der Waals surface area contributed by atoms with Crippen molar-refractivity contribution < 1.29 is 4.74 Å². The first-order chi connectivity index (χ1) is 11.7. The number of hydrogen-bond donors (Lipinski definition) is 3. The fraction of sp³-hybridized carbons (Fsp3) is 0.250. The summed E-state index contributed by atoms with van der Waals surface area (Å²) in [5.41, 5.74) is 2.11. The normalized spacial score (nSPS) is 12.7. The summed E-state index contributed by atoms with van der Waals surface area (Å²) in [4.78, 5) is 23.9. The molecule has 0 saturated carbocycles. The van der Waals surface area contributed by atoms with Crippen molar-refractivity contribution in [2.75, 3.05) is 5.32 Å². The van der Waals surface area contributed by atoms with Crippen LogP contribution in [0.2, 0.25) is 0 Å². The van der Waals surface area contributed by atoms with E-state index in [4.69, 9.17) is 4.74 Å². The molecule has 0 aliphatic carbocycles. The molecule has 0 fully saturated rings. The molecule has 24 heavy (non-hydrogen) atoms. The summed E-state index contributed by atoms with van der Waals surface area (Å²) in [6, 6.07) is 7.71. The number of fused-ring (bicyclic) bond motifs is 2. The number of nitrogens with one attached hydrogen (secondary N) is 3.